The molecule has 2 aromatic carbocycles. The molecule has 1 aliphatic heterocycles. The van der Waals surface area contributed by atoms with Gasteiger partial charge in [0.1, 0.15) is 34.9 Å². The molecule has 8 nitrogen and oxygen atoms in total. The molecule has 2 atom stereocenters. The Morgan fingerprint density at radius 3 is 2.23 bits per heavy atom. The number of ether oxygens (including phenoxy) is 2. The van der Waals surface area contributed by atoms with Crippen molar-refractivity contribution in [3.63, 3.8) is 0 Å². The first-order valence-corrected chi connectivity index (χ1v) is 12.1. The molecule has 0 bridgehead atoms. The van der Waals surface area contributed by atoms with Gasteiger partial charge < -0.3 is 24.3 Å². The molecule has 212 valence electrons. The van der Waals surface area contributed by atoms with Gasteiger partial charge in [-0.1, -0.05) is 0 Å². The van der Waals surface area contributed by atoms with Crippen LogP contribution < -0.4 is 25.2 Å². The van der Waals surface area contributed by atoms with Crippen molar-refractivity contribution in [2.24, 2.45) is 0 Å². The molecule has 2 amide bonds. The van der Waals surface area contributed by atoms with Gasteiger partial charge in [0.25, 0.3) is 11.5 Å². The SMILES string of the molecule is CCn1ccc(C)c(N2C[C@@H](c3c(F)cc(OC)cc3F)[C@H](NC(=O)c3ccc(OC(F)(F)F)cc3)C2=O)c1=O. The van der Waals surface area contributed by atoms with Crippen molar-refractivity contribution in [1.29, 1.82) is 0 Å². The standard InChI is InChI=1S/C27H24F5N3O5/c1-4-34-10-9-14(2)23(26(34)38)35-13-18(21-19(28)11-17(39-3)12-20(21)29)22(25(35)37)33-24(36)15-5-7-16(8-6-15)40-27(30,31)32/h5-12,18,22H,4,13H2,1-3H3,(H,33,36)/t18-,22-/m0/s1. The lowest BCUT2D eigenvalue weighted by atomic mass is 9.92. The summed E-state index contributed by atoms with van der Waals surface area (Å²) in [5.41, 5.74) is -0.707. The van der Waals surface area contributed by atoms with Gasteiger partial charge in [-0.3, -0.25) is 14.4 Å². The highest BCUT2D eigenvalue weighted by molar-refractivity contribution is 6.05. The molecule has 3 aromatic rings. The predicted molar refractivity (Wildman–Crippen MR) is 133 cm³/mol. The monoisotopic (exact) mass is 565 g/mol. The number of methoxy groups -OCH3 is 1. The molecule has 0 radical (unpaired) electrons. The number of alkyl halides is 3. The molecule has 1 N–H and O–H groups in total. The molecule has 0 aliphatic carbocycles. The lowest BCUT2D eigenvalue weighted by Gasteiger charge is -2.20. The summed E-state index contributed by atoms with van der Waals surface area (Å²) in [6.07, 6.45) is -3.39. The van der Waals surface area contributed by atoms with Crippen LogP contribution in [0.2, 0.25) is 0 Å². The first-order chi connectivity index (χ1) is 18.8. The van der Waals surface area contributed by atoms with Gasteiger partial charge in [-0.25, -0.2) is 8.78 Å². The average molecular weight is 565 g/mol. The van der Waals surface area contributed by atoms with E-state index >= 15 is 8.78 Å². The number of benzene rings is 2. The summed E-state index contributed by atoms with van der Waals surface area (Å²) in [4.78, 5) is 40.9. The van der Waals surface area contributed by atoms with E-state index in [4.69, 9.17) is 4.74 Å². The fourth-order valence-corrected chi connectivity index (χ4v) is 4.65. The Morgan fingerprint density at radius 2 is 1.68 bits per heavy atom. The second-order valence-electron chi connectivity index (χ2n) is 9.02. The third kappa shape index (κ3) is 5.63. The molecule has 0 saturated carbocycles. The van der Waals surface area contributed by atoms with E-state index in [0.29, 0.717) is 12.1 Å². The van der Waals surface area contributed by atoms with E-state index in [1.165, 1.54) is 11.7 Å². The fraction of sp³-hybridized carbons (Fsp3) is 0.296. The number of nitrogens with zero attached hydrogens (tertiary/aromatic N) is 2. The summed E-state index contributed by atoms with van der Waals surface area (Å²) >= 11 is 0. The third-order valence-corrected chi connectivity index (χ3v) is 6.56. The number of carbonyl (C=O) groups excluding carboxylic acids is 2. The summed E-state index contributed by atoms with van der Waals surface area (Å²) in [6.45, 7) is 3.29. The number of aromatic nitrogens is 1. The molecule has 1 fully saturated rings. The van der Waals surface area contributed by atoms with Crippen LogP contribution in [-0.4, -0.2) is 42.4 Å². The zero-order valence-corrected chi connectivity index (χ0v) is 21.5. The molecule has 0 unspecified atom stereocenters. The molecule has 1 aliphatic rings. The number of rotatable bonds is 7. The van der Waals surface area contributed by atoms with Gasteiger partial charge in [-0.2, -0.15) is 0 Å². The van der Waals surface area contributed by atoms with Crippen molar-refractivity contribution < 1.29 is 41.0 Å². The molecular weight excluding hydrogens is 541 g/mol. The van der Waals surface area contributed by atoms with Gasteiger partial charge in [0, 0.05) is 48.5 Å². The average Bonchev–Trinajstić information content (AvgIpc) is 3.18. The molecule has 40 heavy (non-hydrogen) atoms. The number of amides is 2. The quantitative estimate of drug-likeness (QED) is 0.432. The summed E-state index contributed by atoms with van der Waals surface area (Å²) < 4.78 is 77.8. The lowest BCUT2D eigenvalue weighted by molar-refractivity contribution is -0.274. The zero-order valence-electron chi connectivity index (χ0n) is 21.5. The van der Waals surface area contributed by atoms with Gasteiger partial charge in [0.2, 0.25) is 5.91 Å². The van der Waals surface area contributed by atoms with Gasteiger partial charge in [-0.15, -0.1) is 13.2 Å². The lowest BCUT2D eigenvalue weighted by Crippen LogP contribution is -2.44. The van der Waals surface area contributed by atoms with Gasteiger partial charge in [-0.05, 0) is 49.7 Å². The Bertz CT molecular complexity index is 1480. The van der Waals surface area contributed by atoms with Crippen LogP contribution in [0.15, 0.2) is 53.5 Å². The minimum atomic E-state index is -4.94. The third-order valence-electron chi connectivity index (χ3n) is 6.56. The Morgan fingerprint density at radius 1 is 1.05 bits per heavy atom. The topological polar surface area (TPSA) is 89.9 Å². The number of halogens is 5. The van der Waals surface area contributed by atoms with Crippen LogP contribution in [0.5, 0.6) is 11.5 Å². The van der Waals surface area contributed by atoms with Crippen LogP contribution >= 0.6 is 0 Å². The summed E-state index contributed by atoms with van der Waals surface area (Å²) in [6, 6.07) is 5.86. The Hall–Kier alpha value is -4.42. The maximum atomic E-state index is 15.2. The van der Waals surface area contributed by atoms with E-state index < -0.39 is 58.6 Å². The van der Waals surface area contributed by atoms with Gasteiger partial charge in [0.05, 0.1) is 7.11 Å². The minimum Gasteiger partial charge on any atom is -0.497 e. The maximum Gasteiger partial charge on any atom is 0.573 e. The molecular formula is C27H24F5N3O5. The minimum absolute atomic E-state index is 0.000852. The molecule has 4 rings (SSSR count). The Kier molecular flexibility index (Phi) is 7.85. The fourth-order valence-electron chi connectivity index (χ4n) is 4.65. The normalized spacial score (nSPS) is 17.2. The van der Waals surface area contributed by atoms with E-state index in [0.717, 1.165) is 41.3 Å². The van der Waals surface area contributed by atoms with E-state index in [1.807, 2.05) is 0 Å². The van der Waals surface area contributed by atoms with E-state index in [1.54, 1.807) is 26.1 Å². The van der Waals surface area contributed by atoms with Crippen molar-refractivity contribution in [2.75, 3.05) is 18.6 Å². The predicted octanol–water partition coefficient (Wildman–Crippen LogP) is 4.29. The van der Waals surface area contributed by atoms with Crippen molar-refractivity contribution in [1.82, 2.24) is 9.88 Å². The highest BCUT2D eigenvalue weighted by Gasteiger charge is 2.46. The van der Waals surface area contributed by atoms with Crippen LogP contribution in [0.3, 0.4) is 0 Å². The summed E-state index contributed by atoms with van der Waals surface area (Å²) in [5, 5.41) is 2.44. The van der Waals surface area contributed by atoms with E-state index in [9.17, 15) is 27.6 Å². The number of aryl methyl sites for hydroxylation is 2. The number of pyridine rings is 1. The van der Waals surface area contributed by atoms with Crippen LogP contribution in [0.4, 0.5) is 27.6 Å². The number of carbonyl (C=O) groups is 2. The van der Waals surface area contributed by atoms with Crippen LogP contribution in [0.1, 0.15) is 34.3 Å². The number of nitrogens with one attached hydrogen (secondary N) is 1. The van der Waals surface area contributed by atoms with Gasteiger partial charge >= 0.3 is 6.36 Å². The zero-order chi connectivity index (χ0) is 29.4. The number of hydrogen-bond donors (Lipinski definition) is 1. The van der Waals surface area contributed by atoms with E-state index in [-0.39, 0.29) is 23.5 Å². The smallest absolute Gasteiger partial charge is 0.497 e. The first kappa shape index (κ1) is 28.6. The second kappa shape index (κ2) is 11.0. The van der Waals surface area contributed by atoms with Crippen LogP contribution in [-0.2, 0) is 11.3 Å². The molecule has 1 aromatic heterocycles. The van der Waals surface area contributed by atoms with E-state index in [2.05, 4.69) is 10.1 Å². The number of anilines is 1. The maximum absolute atomic E-state index is 15.2. The Balaban J connectivity index is 1.74. The van der Waals surface area contributed by atoms with Crippen molar-refractivity contribution >= 4 is 17.5 Å². The van der Waals surface area contributed by atoms with Crippen molar-refractivity contribution in [3.8, 4) is 11.5 Å². The largest absolute Gasteiger partial charge is 0.573 e. The number of hydrogen-bond acceptors (Lipinski definition) is 5. The van der Waals surface area contributed by atoms with Crippen LogP contribution in [0.25, 0.3) is 0 Å². The van der Waals surface area contributed by atoms with Crippen molar-refractivity contribution in [2.45, 2.75) is 38.7 Å². The molecule has 0 spiro atoms. The molecule has 2 heterocycles. The van der Waals surface area contributed by atoms with Crippen LogP contribution in [0, 0.1) is 18.6 Å². The van der Waals surface area contributed by atoms with Crippen molar-refractivity contribution in [3.05, 3.63) is 87.3 Å². The Labute approximate surface area is 224 Å². The second-order valence-corrected chi connectivity index (χ2v) is 9.02. The highest BCUT2D eigenvalue weighted by atomic mass is 19.4. The molecule has 1 saturated heterocycles. The van der Waals surface area contributed by atoms with Gasteiger partial charge in [0.15, 0.2) is 0 Å². The summed E-state index contributed by atoms with van der Waals surface area (Å²) in [7, 11) is 1.22. The summed E-state index contributed by atoms with van der Waals surface area (Å²) in [5.74, 6) is -5.69. The molecule has 13 heteroatoms. The highest BCUT2D eigenvalue weighted by Crippen LogP contribution is 2.36. The first-order valence-electron chi connectivity index (χ1n) is 12.1.